The monoisotopic (exact) mass is 393 g/mol. The van der Waals surface area contributed by atoms with E-state index in [9.17, 15) is 22.0 Å². The molecular formula is C20H16F5N3. The number of aromatic nitrogens is 2. The molecule has 1 aliphatic heterocycles. The Hall–Kier alpha value is -2.90. The Balaban J connectivity index is 1.85. The molecule has 0 saturated heterocycles. The second kappa shape index (κ2) is 6.92. The smallest absolute Gasteiger partial charge is 0.370 e. The van der Waals surface area contributed by atoms with Gasteiger partial charge in [0.1, 0.15) is 17.3 Å². The van der Waals surface area contributed by atoms with Crippen LogP contribution in [0, 0.1) is 11.6 Å². The van der Waals surface area contributed by atoms with Gasteiger partial charge in [-0.15, -0.1) is 0 Å². The van der Waals surface area contributed by atoms with Gasteiger partial charge in [-0.05, 0) is 43.5 Å². The molecule has 3 nitrogen and oxygen atoms in total. The molecule has 0 fully saturated rings. The highest BCUT2D eigenvalue weighted by atomic mass is 19.4. The maximum Gasteiger partial charge on any atom is 0.416 e. The average molecular weight is 393 g/mol. The Labute approximate surface area is 157 Å². The molecule has 2 heterocycles. The SMILES string of the molecule is Fc1ccc(-n2nc(-c3ccc(C(F)(F)F)cc3)c3c2NCCCC3)c(F)c1. The predicted molar refractivity (Wildman–Crippen MR) is 95.3 cm³/mol. The second-order valence-electron chi connectivity index (χ2n) is 6.64. The van der Waals surface area contributed by atoms with Crippen molar-refractivity contribution >= 4 is 5.82 Å². The number of nitrogens with one attached hydrogen (secondary N) is 1. The van der Waals surface area contributed by atoms with Crippen molar-refractivity contribution in [2.24, 2.45) is 0 Å². The van der Waals surface area contributed by atoms with Gasteiger partial charge in [-0.3, -0.25) is 0 Å². The molecule has 1 aliphatic rings. The third kappa shape index (κ3) is 3.34. The van der Waals surface area contributed by atoms with Crippen LogP contribution in [0.25, 0.3) is 16.9 Å². The third-order valence-corrected chi connectivity index (χ3v) is 4.75. The van der Waals surface area contributed by atoms with E-state index in [1.165, 1.54) is 22.9 Å². The predicted octanol–water partition coefficient (Wildman–Crippen LogP) is 5.58. The van der Waals surface area contributed by atoms with Gasteiger partial charge < -0.3 is 5.32 Å². The highest BCUT2D eigenvalue weighted by molar-refractivity contribution is 5.71. The van der Waals surface area contributed by atoms with E-state index in [1.54, 1.807) is 0 Å². The molecule has 1 N–H and O–H groups in total. The number of rotatable bonds is 2. The molecule has 0 bridgehead atoms. The fraction of sp³-hybridized carbons (Fsp3) is 0.250. The number of nitrogens with zero attached hydrogens (tertiary/aromatic N) is 2. The quantitative estimate of drug-likeness (QED) is 0.576. The van der Waals surface area contributed by atoms with E-state index in [0.717, 1.165) is 42.7 Å². The number of halogens is 5. The van der Waals surface area contributed by atoms with E-state index in [0.29, 0.717) is 30.0 Å². The van der Waals surface area contributed by atoms with Gasteiger partial charge in [0.25, 0.3) is 0 Å². The van der Waals surface area contributed by atoms with E-state index in [2.05, 4.69) is 10.4 Å². The summed E-state index contributed by atoms with van der Waals surface area (Å²) in [5, 5.41) is 7.69. The number of alkyl halides is 3. The van der Waals surface area contributed by atoms with Crippen molar-refractivity contribution in [3.05, 3.63) is 65.2 Å². The van der Waals surface area contributed by atoms with Crippen molar-refractivity contribution in [1.82, 2.24) is 9.78 Å². The molecule has 0 saturated carbocycles. The summed E-state index contributed by atoms with van der Waals surface area (Å²) in [5.41, 5.74) is 1.13. The summed E-state index contributed by atoms with van der Waals surface area (Å²) >= 11 is 0. The normalized spacial score (nSPS) is 14.3. The fourth-order valence-corrected chi connectivity index (χ4v) is 3.38. The Morgan fingerprint density at radius 1 is 0.964 bits per heavy atom. The molecule has 0 amide bonds. The van der Waals surface area contributed by atoms with E-state index in [1.807, 2.05) is 0 Å². The molecule has 8 heteroatoms. The lowest BCUT2D eigenvalue weighted by atomic mass is 10.0. The van der Waals surface area contributed by atoms with Crippen LogP contribution in [0.15, 0.2) is 42.5 Å². The fourth-order valence-electron chi connectivity index (χ4n) is 3.38. The third-order valence-electron chi connectivity index (χ3n) is 4.75. The van der Waals surface area contributed by atoms with Crippen LogP contribution >= 0.6 is 0 Å². The van der Waals surface area contributed by atoms with E-state index >= 15 is 0 Å². The summed E-state index contributed by atoms with van der Waals surface area (Å²) < 4.78 is 67.6. The Kier molecular flexibility index (Phi) is 4.56. The minimum Gasteiger partial charge on any atom is -0.370 e. The van der Waals surface area contributed by atoms with Crippen molar-refractivity contribution in [3.63, 3.8) is 0 Å². The highest BCUT2D eigenvalue weighted by Gasteiger charge is 2.30. The second-order valence-corrected chi connectivity index (χ2v) is 6.64. The Bertz CT molecular complexity index is 1010. The van der Waals surface area contributed by atoms with Crippen LogP contribution in [0.2, 0.25) is 0 Å². The molecule has 0 unspecified atom stereocenters. The minimum absolute atomic E-state index is 0.0743. The zero-order valence-corrected chi connectivity index (χ0v) is 14.7. The molecule has 0 radical (unpaired) electrons. The number of fused-ring (bicyclic) bond motifs is 1. The van der Waals surface area contributed by atoms with Crippen molar-refractivity contribution in [1.29, 1.82) is 0 Å². The van der Waals surface area contributed by atoms with Crippen LogP contribution in [0.3, 0.4) is 0 Å². The van der Waals surface area contributed by atoms with Crippen LogP contribution in [0.4, 0.5) is 27.8 Å². The minimum atomic E-state index is -4.42. The van der Waals surface area contributed by atoms with Crippen molar-refractivity contribution < 1.29 is 22.0 Å². The van der Waals surface area contributed by atoms with Gasteiger partial charge in [0.05, 0.1) is 11.3 Å². The molecular weight excluding hydrogens is 377 g/mol. The van der Waals surface area contributed by atoms with Crippen LogP contribution < -0.4 is 5.32 Å². The maximum absolute atomic E-state index is 14.3. The van der Waals surface area contributed by atoms with Gasteiger partial charge >= 0.3 is 6.18 Å². The van der Waals surface area contributed by atoms with Crippen LogP contribution in [0.1, 0.15) is 24.0 Å². The average Bonchev–Trinajstić information content (AvgIpc) is 2.83. The topological polar surface area (TPSA) is 29.9 Å². The summed E-state index contributed by atoms with van der Waals surface area (Å²) in [6.07, 6.45) is -2.01. The Morgan fingerprint density at radius 2 is 1.71 bits per heavy atom. The standard InChI is InChI=1S/C20H16F5N3/c21-14-8-9-17(16(22)11-14)28-19-15(3-1-2-10-26-19)18(27-28)12-4-6-13(7-5-12)20(23,24)25/h4-9,11,26H,1-3,10H2. The van der Waals surface area contributed by atoms with Crippen LogP contribution in [0.5, 0.6) is 0 Å². The van der Waals surface area contributed by atoms with Crippen molar-refractivity contribution in [3.8, 4) is 16.9 Å². The lowest BCUT2D eigenvalue weighted by Crippen LogP contribution is -2.08. The van der Waals surface area contributed by atoms with Gasteiger partial charge in [-0.1, -0.05) is 12.1 Å². The highest BCUT2D eigenvalue weighted by Crippen LogP contribution is 2.36. The molecule has 3 aromatic rings. The molecule has 0 aliphatic carbocycles. The van der Waals surface area contributed by atoms with Gasteiger partial charge in [-0.2, -0.15) is 18.3 Å². The van der Waals surface area contributed by atoms with Gasteiger partial charge in [-0.25, -0.2) is 13.5 Å². The summed E-state index contributed by atoms with van der Waals surface area (Å²) in [6.45, 7) is 0.661. The molecule has 4 rings (SSSR count). The first-order chi connectivity index (χ1) is 13.3. The van der Waals surface area contributed by atoms with Crippen molar-refractivity contribution in [2.75, 3.05) is 11.9 Å². The molecule has 0 spiro atoms. The molecule has 2 aromatic carbocycles. The zero-order valence-electron chi connectivity index (χ0n) is 14.7. The first-order valence-corrected chi connectivity index (χ1v) is 8.83. The summed E-state index contributed by atoms with van der Waals surface area (Å²) in [5.74, 6) is -0.886. The first-order valence-electron chi connectivity index (χ1n) is 8.83. The van der Waals surface area contributed by atoms with Crippen molar-refractivity contribution in [2.45, 2.75) is 25.4 Å². The molecule has 146 valence electrons. The summed E-state index contributed by atoms with van der Waals surface area (Å²) in [6, 6.07) is 7.94. The maximum atomic E-state index is 14.3. The molecule has 28 heavy (non-hydrogen) atoms. The van der Waals surface area contributed by atoms with Gasteiger partial charge in [0.2, 0.25) is 0 Å². The number of hydrogen-bond acceptors (Lipinski definition) is 2. The van der Waals surface area contributed by atoms with Crippen LogP contribution in [-0.2, 0) is 12.6 Å². The lowest BCUT2D eigenvalue weighted by Gasteiger charge is -2.10. The largest absolute Gasteiger partial charge is 0.416 e. The summed E-state index contributed by atoms with van der Waals surface area (Å²) in [7, 11) is 0. The first kappa shape index (κ1) is 18.5. The van der Waals surface area contributed by atoms with Gasteiger partial charge in [0, 0.05) is 23.7 Å². The molecule has 1 aromatic heterocycles. The number of benzene rings is 2. The lowest BCUT2D eigenvalue weighted by molar-refractivity contribution is -0.137. The summed E-state index contributed by atoms with van der Waals surface area (Å²) in [4.78, 5) is 0. The van der Waals surface area contributed by atoms with Gasteiger partial charge in [0.15, 0.2) is 5.82 Å². The van der Waals surface area contributed by atoms with E-state index in [4.69, 9.17) is 0 Å². The van der Waals surface area contributed by atoms with Crippen LogP contribution in [-0.4, -0.2) is 16.3 Å². The number of hydrogen-bond donors (Lipinski definition) is 1. The Morgan fingerprint density at radius 3 is 2.39 bits per heavy atom. The zero-order chi connectivity index (χ0) is 19.9. The number of anilines is 1. The molecule has 0 atom stereocenters. The van der Waals surface area contributed by atoms with E-state index < -0.39 is 23.4 Å². The van der Waals surface area contributed by atoms with E-state index in [-0.39, 0.29) is 5.69 Å².